The van der Waals surface area contributed by atoms with E-state index in [1.54, 1.807) is 11.9 Å². The summed E-state index contributed by atoms with van der Waals surface area (Å²) in [4.78, 5) is 13.4. The molecule has 4 nitrogen and oxygen atoms in total. The number of hydrogen-bond acceptors (Lipinski definition) is 3. The largest absolute Gasteiger partial charge is 0.376 e. The maximum absolute atomic E-state index is 11.8. The van der Waals surface area contributed by atoms with Crippen molar-refractivity contribution >= 4 is 17.5 Å². The number of hydrogen-bond donors (Lipinski definition) is 0. The SMILES string of the molecule is CC(CCl)N(C)C(=O)C1COCCO1. The van der Waals surface area contributed by atoms with Crippen LogP contribution >= 0.6 is 11.6 Å². The third-order valence-corrected chi connectivity index (χ3v) is 2.77. The summed E-state index contributed by atoms with van der Waals surface area (Å²) >= 11 is 5.66. The van der Waals surface area contributed by atoms with Crippen LogP contribution in [0.5, 0.6) is 0 Å². The molecule has 0 spiro atoms. The summed E-state index contributed by atoms with van der Waals surface area (Å²) in [6.45, 7) is 3.30. The lowest BCUT2D eigenvalue weighted by molar-refractivity contribution is -0.158. The molecule has 5 heteroatoms. The Balaban J connectivity index is 2.46. The average Bonchev–Trinajstić information content (AvgIpc) is 2.27. The van der Waals surface area contributed by atoms with Crippen molar-refractivity contribution in [3.8, 4) is 0 Å². The summed E-state index contributed by atoms with van der Waals surface area (Å²) in [5.41, 5.74) is 0. The number of ether oxygens (including phenoxy) is 2. The number of halogens is 1. The molecule has 0 aromatic rings. The fourth-order valence-corrected chi connectivity index (χ4v) is 1.39. The highest BCUT2D eigenvalue weighted by Gasteiger charge is 2.27. The zero-order valence-corrected chi connectivity index (χ0v) is 9.29. The number of rotatable bonds is 3. The second kappa shape index (κ2) is 5.53. The van der Waals surface area contributed by atoms with Gasteiger partial charge in [-0.15, -0.1) is 11.6 Å². The first-order chi connectivity index (χ1) is 6.66. The highest BCUT2D eigenvalue weighted by Crippen LogP contribution is 2.07. The van der Waals surface area contributed by atoms with E-state index < -0.39 is 6.10 Å². The first-order valence-corrected chi connectivity index (χ1v) is 5.22. The minimum atomic E-state index is -0.459. The second-order valence-electron chi connectivity index (χ2n) is 3.39. The lowest BCUT2D eigenvalue weighted by atomic mass is 10.2. The summed E-state index contributed by atoms with van der Waals surface area (Å²) in [5.74, 6) is 0.369. The highest BCUT2D eigenvalue weighted by atomic mass is 35.5. The lowest BCUT2D eigenvalue weighted by Crippen LogP contribution is -2.47. The zero-order valence-electron chi connectivity index (χ0n) is 8.53. The van der Waals surface area contributed by atoms with Gasteiger partial charge in [-0.3, -0.25) is 4.79 Å². The van der Waals surface area contributed by atoms with Crippen molar-refractivity contribution in [1.29, 1.82) is 0 Å². The Hall–Kier alpha value is -0.320. The molecule has 2 unspecified atom stereocenters. The van der Waals surface area contributed by atoms with E-state index in [0.717, 1.165) is 0 Å². The van der Waals surface area contributed by atoms with E-state index in [1.807, 2.05) is 6.92 Å². The van der Waals surface area contributed by atoms with Crippen molar-refractivity contribution < 1.29 is 14.3 Å². The summed E-state index contributed by atoms with van der Waals surface area (Å²) in [6.07, 6.45) is -0.459. The molecule has 2 atom stereocenters. The van der Waals surface area contributed by atoms with E-state index >= 15 is 0 Å². The Morgan fingerprint density at radius 2 is 2.36 bits per heavy atom. The molecule has 1 rings (SSSR count). The Labute approximate surface area is 89.1 Å². The van der Waals surface area contributed by atoms with Gasteiger partial charge in [-0.1, -0.05) is 0 Å². The molecule has 1 amide bonds. The van der Waals surface area contributed by atoms with E-state index in [0.29, 0.717) is 25.7 Å². The minimum absolute atomic E-state index is 0.0229. The number of amides is 1. The molecule has 0 aromatic heterocycles. The van der Waals surface area contributed by atoms with Gasteiger partial charge in [0.25, 0.3) is 5.91 Å². The number of nitrogens with zero attached hydrogens (tertiary/aromatic N) is 1. The first kappa shape index (κ1) is 11.8. The smallest absolute Gasteiger partial charge is 0.254 e. The van der Waals surface area contributed by atoms with Crippen LogP contribution in [-0.4, -0.2) is 55.7 Å². The Kier molecular flexibility index (Phi) is 4.65. The van der Waals surface area contributed by atoms with Gasteiger partial charge in [0.2, 0.25) is 0 Å². The number of alkyl halides is 1. The van der Waals surface area contributed by atoms with Crippen LogP contribution in [0.15, 0.2) is 0 Å². The second-order valence-corrected chi connectivity index (χ2v) is 3.70. The molecule has 0 radical (unpaired) electrons. The van der Waals surface area contributed by atoms with Gasteiger partial charge in [0.1, 0.15) is 0 Å². The van der Waals surface area contributed by atoms with Gasteiger partial charge in [-0.2, -0.15) is 0 Å². The van der Waals surface area contributed by atoms with Gasteiger partial charge in [0.15, 0.2) is 6.10 Å². The van der Waals surface area contributed by atoms with Crippen molar-refractivity contribution in [2.45, 2.75) is 19.1 Å². The fourth-order valence-electron chi connectivity index (χ4n) is 1.18. The number of likely N-dealkylation sites (N-methyl/N-ethyl adjacent to an activating group) is 1. The molecule has 14 heavy (non-hydrogen) atoms. The molecule has 0 N–H and O–H groups in total. The van der Waals surface area contributed by atoms with E-state index in [1.165, 1.54) is 0 Å². The van der Waals surface area contributed by atoms with Gasteiger partial charge in [-0.25, -0.2) is 0 Å². The van der Waals surface area contributed by atoms with Crippen LogP contribution in [0.4, 0.5) is 0 Å². The van der Waals surface area contributed by atoms with E-state index in [4.69, 9.17) is 21.1 Å². The maximum Gasteiger partial charge on any atom is 0.254 e. The van der Waals surface area contributed by atoms with Crippen LogP contribution in [0, 0.1) is 0 Å². The zero-order chi connectivity index (χ0) is 10.6. The summed E-state index contributed by atoms with van der Waals surface area (Å²) in [6, 6.07) is 0.0229. The molecule has 0 aromatic carbocycles. The standard InChI is InChI=1S/C9H16ClNO3/c1-7(5-10)11(2)9(12)8-6-13-3-4-14-8/h7-8H,3-6H2,1-2H3. The Bertz CT molecular complexity index is 190. The van der Waals surface area contributed by atoms with Crippen molar-refractivity contribution in [1.82, 2.24) is 4.90 Å². The Morgan fingerprint density at radius 1 is 1.64 bits per heavy atom. The van der Waals surface area contributed by atoms with Gasteiger partial charge >= 0.3 is 0 Å². The molecule has 0 aliphatic carbocycles. The van der Waals surface area contributed by atoms with Crippen LogP contribution in [0.25, 0.3) is 0 Å². The lowest BCUT2D eigenvalue weighted by Gasteiger charge is -2.29. The predicted molar refractivity (Wildman–Crippen MR) is 53.5 cm³/mol. The summed E-state index contributed by atoms with van der Waals surface area (Å²) < 4.78 is 10.5. The van der Waals surface area contributed by atoms with Crippen molar-refractivity contribution in [3.63, 3.8) is 0 Å². The molecular weight excluding hydrogens is 206 g/mol. The van der Waals surface area contributed by atoms with Crippen LogP contribution in [0.3, 0.4) is 0 Å². The number of carbonyl (C=O) groups excluding carboxylic acids is 1. The fraction of sp³-hybridized carbons (Fsp3) is 0.889. The van der Waals surface area contributed by atoms with Crippen molar-refractivity contribution in [3.05, 3.63) is 0 Å². The summed E-state index contributed by atoms with van der Waals surface area (Å²) in [5, 5.41) is 0. The third-order valence-electron chi connectivity index (χ3n) is 2.32. The van der Waals surface area contributed by atoms with Gasteiger partial charge in [0.05, 0.1) is 19.8 Å². The molecule has 1 saturated heterocycles. The van der Waals surface area contributed by atoms with Gasteiger partial charge < -0.3 is 14.4 Å². The third kappa shape index (κ3) is 2.83. The number of carbonyl (C=O) groups is 1. The molecule has 1 aliphatic heterocycles. The quantitative estimate of drug-likeness (QED) is 0.651. The Morgan fingerprint density at radius 3 is 2.86 bits per heavy atom. The molecule has 1 heterocycles. The topological polar surface area (TPSA) is 38.8 Å². The molecule has 1 fully saturated rings. The van der Waals surface area contributed by atoms with Gasteiger partial charge in [-0.05, 0) is 6.92 Å². The molecule has 0 saturated carbocycles. The van der Waals surface area contributed by atoms with E-state index in [-0.39, 0.29) is 11.9 Å². The molecule has 82 valence electrons. The van der Waals surface area contributed by atoms with E-state index in [9.17, 15) is 4.79 Å². The van der Waals surface area contributed by atoms with Crippen molar-refractivity contribution in [2.75, 3.05) is 32.7 Å². The van der Waals surface area contributed by atoms with Crippen LogP contribution < -0.4 is 0 Å². The van der Waals surface area contributed by atoms with Crippen molar-refractivity contribution in [2.24, 2.45) is 0 Å². The summed E-state index contributed by atoms with van der Waals surface area (Å²) in [7, 11) is 1.73. The predicted octanol–water partition coefficient (Wildman–Crippen LogP) is 0.487. The highest BCUT2D eigenvalue weighted by molar-refractivity contribution is 6.18. The van der Waals surface area contributed by atoms with Crippen LogP contribution in [0.2, 0.25) is 0 Å². The minimum Gasteiger partial charge on any atom is -0.376 e. The van der Waals surface area contributed by atoms with E-state index in [2.05, 4.69) is 0 Å². The molecule has 1 aliphatic rings. The van der Waals surface area contributed by atoms with Crippen LogP contribution in [0.1, 0.15) is 6.92 Å². The maximum atomic E-state index is 11.8. The average molecular weight is 222 g/mol. The van der Waals surface area contributed by atoms with Gasteiger partial charge in [0, 0.05) is 19.0 Å². The normalized spacial score (nSPS) is 24.4. The molecule has 0 bridgehead atoms. The first-order valence-electron chi connectivity index (χ1n) is 4.68. The van der Waals surface area contributed by atoms with Crippen LogP contribution in [-0.2, 0) is 14.3 Å². The monoisotopic (exact) mass is 221 g/mol. The molecular formula is C9H16ClNO3.